The first-order valence-corrected chi connectivity index (χ1v) is 9.09. The van der Waals surface area contributed by atoms with E-state index < -0.39 is 0 Å². The van der Waals surface area contributed by atoms with E-state index in [2.05, 4.69) is 27.5 Å². The first-order valence-electron chi connectivity index (χ1n) is 9.09. The van der Waals surface area contributed by atoms with Gasteiger partial charge in [-0.25, -0.2) is 4.79 Å². The van der Waals surface area contributed by atoms with Gasteiger partial charge in [0.2, 0.25) is 0 Å². The standard InChI is InChI=1S/C18H29N5O2/c1-3-19-17(21-12-8-15-7-5-6-11-20-15)22-16-9-13-23(14-10-16)18(24)25-4-2/h5-7,11,16H,3-4,8-10,12-14H2,1-2H3,(H2,19,21,22). The molecule has 0 radical (unpaired) electrons. The zero-order valence-electron chi connectivity index (χ0n) is 15.2. The Bertz CT molecular complexity index is 542. The molecular formula is C18H29N5O2. The number of ether oxygens (including phenoxy) is 1. The number of carbonyl (C=O) groups excluding carboxylic acids is 1. The van der Waals surface area contributed by atoms with Crippen LogP contribution in [-0.2, 0) is 11.2 Å². The van der Waals surface area contributed by atoms with Gasteiger partial charge in [-0.2, -0.15) is 0 Å². The fraction of sp³-hybridized carbons (Fsp3) is 0.611. The van der Waals surface area contributed by atoms with Gasteiger partial charge in [-0.3, -0.25) is 9.98 Å². The molecule has 1 saturated heterocycles. The number of nitrogens with zero attached hydrogens (tertiary/aromatic N) is 3. The Hall–Kier alpha value is -2.31. The molecular weight excluding hydrogens is 318 g/mol. The van der Waals surface area contributed by atoms with Crippen molar-refractivity contribution >= 4 is 12.1 Å². The second-order valence-electron chi connectivity index (χ2n) is 5.94. The van der Waals surface area contributed by atoms with Crippen molar-refractivity contribution in [3.63, 3.8) is 0 Å². The normalized spacial score (nSPS) is 15.8. The molecule has 2 N–H and O–H groups in total. The summed E-state index contributed by atoms with van der Waals surface area (Å²) in [6, 6.07) is 6.24. The minimum absolute atomic E-state index is 0.211. The molecule has 1 aromatic rings. The fourth-order valence-corrected chi connectivity index (χ4v) is 2.76. The summed E-state index contributed by atoms with van der Waals surface area (Å²) in [5, 5.41) is 6.76. The minimum Gasteiger partial charge on any atom is -0.450 e. The van der Waals surface area contributed by atoms with E-state index in [9.17, 15) is 4.79 Å². The predicted octanol–water partition coefficient (Wildman–Crippen LogP) is 1.80. The van der Waals surface area contributed by atoms with Crippen LogP contribution in [0.4, 0.5) is 4.79 Å². The Balaban J connectivity index is 1.79. The van der Waals surface area contributed by atoms with Gasteiger partial charge in [0, 0.05) is 50.5 Å². The Morgan fingerprint density at radius 2 is 2.16 bits per heavy atom. The molecule has 1 amide bonds. The maximum Gasteiger partial charge on any atom is 0.409 e. The highest BCUT2D eigenvalue weighted by atomic mass is 16.6. The number of pyridine rings is 1. The van der Waals surface area contributed by atoms with Gasteiger partial charge in [-0.15, -0.1) is 0 Å². The lowest BCUT2D eigenvalue weighted by Gasteiger charge is -2.32. The van der Waals surface area contributed by atoms with E-state index in [0.29, 0.717) is 32.3 Å². The van der Waals surface area contributed by atoms with E-state index >= 15 is 0 Å². The van der Waals surface area contributed by atoms with Crippen LogP contribution in [0.2, 0.25) is 0 Å². The lowest BCUT2D eigenvalue weighted by atomic mass is 10.1. The maximum absolute atomic E-state index is 11.7. The van der Waals surface area contributed by atoms with Crippen LogP contribution in [-0.4, -0.2) is 60.8 Å². The molecule has 1 fully saturated rings. The van der Waals surface area contributed by atoms with Crippen LogP contribution in [0.25, 0.3) is 0 Å². The molecule has 1 aliphatic rings. The molecule has 25 heavy (non-hydrogen) atoms. The van der Waals surface area contributed by atoms with Crippen molar-refractivity contribution in [3.05, 3.63) is 30.1 Å². The number of piperidine rings is 1. The highest BCUT2D eigenvalue weighted by molar-refractivity contribution is 5.80. The van der Waals surface area contributed by atoms with Gasteiger partial charge in [0.15, 0.2) is 5.96 Å². The lowest BCUT2D eigenvalue weighted by Crippen LogP contribution is -2.50. The van der Waals surface area contributed by atoms with Gasteiger partial charge < -0.3 is 20.3 Å². The lowest BCUT2D eigenvalue weighted by molar-refractivity contribution is 0.0963. The highest BCUT2D eigenvalue weighted by Gasteiger charge is 2.23. The minimum atomic E-state index is -0.211. The van der Waals surface area contributed by atoms with Gasteiger partial charge >= 0.3 is 6.09 Å². The molecule has 0 atom stereocenters. The summed E-state index contributed by atoms with van der Waals surface area (Å²) in [6.07, 6.45) is 4.20. The first kappa shape index (κ1) is 19.0. The van der Waals surface area contributed by atoms with Crippen LogP contribution >= 0.6 is 0 Å². The Morgan fingerprint density at radius 3 is 2.80 bits per heavy atom. The molecule has 1 aromatic heterocycles. The van der Waals surface area contributed by atoms with Gasteiger partial charge in [-0.1, -0.05) is 6.07 Å². The number of aromatic nitrogens is 1. The first-order chi connectivity index (χ1) is 12.2. The molecule has 2 rings (SSSR count). The third-order valence-corrected chi connectivity index (χ3v) is 4.07. The summed E-state index contributed by atoms with van der Waals surface area (Å²) in [5.41, 5.74) is 1.05. The number of guanidine groups is 1. The zero-order valence-corrected chi connectivity index (χ0v) is 15.2. The van der Waals surface area contributed by atoms with E-state index in [-0.39, 0.29) is 6.09 Å². The second-order valence-corrected chi connectivity index (χ2v) is 5.94. The maximum atomic E-state index is 11.7. The number of nitrogens with one attached hydrogen (secondary N) is 2. The number of amides is 1. The number of hydrogen-bond acceptors (Lipinski definition) is 4. The van der Waals surface area contributed by atoms with Crippen molar-refractivity contribution in [2.45, 2.75) is 39.2 Å². The fourth-order valence-electron chi connectivity index (χ4n) is 2.76. The molecule has 0 aliphatic carbocycles. The Labute approximate surface area is 149 Å². The summed E-state index contributed by atoms with van der Waals surface area (Å²) in [5.74, 6) is 0.827. The van der Waals surface area contributed by atoms with Gasteiger partial charge in [0.1, 0.15) is 0 Å². The largest absolute Gasteiger partial charge is 0.450 e. The Kier molecular flexibility index (Phi) is 8.01. The number of carbonyl (C=O) groups is 1. The quantitative estimate of drug-likeness (QED) is 0.606. The number of likely N-dealkylation sites (tertiary alicyclic amines) is 1. The molecule has 0 spiro atoms. The molecule has 138 valence electrons. The van der Waals surface area contributed by atoms with Crippen LogP contribution < -0.4 is 10.6 Å². The summed E-state index contributed by atoms with van der Waals surface area (Å²) >= 11 is 0. The summed E-state index contributed by atoms with van der Waals surface area (Å²) < 4.78 is 5.06. The molecule has 7 heteroatoms. The van der Waals surface area contributed by atoms with E-state index in [1.807, 2.05) is 25.1 Å². The van der Waals surface area contributed by atoms with Crippen molar-refractivity contribution in [1.82, 2.24) is 20.5 Å². The van der Waals surface area contributed by atoms with Crippen LogP contribution in [0.5, 0.6) is 0 Å². The van der Waals surface area contributed by atoms with Crippen molar-refractivity contribution < 1.29 is 9.53 Å². The Morgan fingerprint density at radius 1 is 1.36 bits per heavy atom. The van der Waals surface area contributed by atoms with Crippen molar-refractivity contribution in [1.29, 1.82) is 0 Å². The number of rotatable bonds is 6. The smallest absolute Gasteiger partial charge is 0.409 e. The average molecular weight is 347 g/mol. The predicted molar refractivity (Wildman–Crippen MR) is 98.7 cm³/mol. The summed E-state index contributed by atoms with van der Waals surface area (Å²) in [4.78, 5) is 22.5. The van der Waals surface area contributed by atoms with Crippen LogP contribution in [0.3, 0.4) is 0 Å². The van der Waals surface area contributed by atoms with E-state index in [1.165, 1.54) is 0 Å². The molecule has 7 nitrogen and oxygen atoms in total. The SMILES string of the molecule is CCNC(=NCCc1ccccn1)NC1CCN(C(=O)OCC)CC1. The summed E-state index contributed by atoms with van der Waals surface area (Å²) in [6.45, 7) is 7.24. The molecule has 0 bridgehead atoms. The van der Waals surface area contributed by atoms with E-state index in [1.54, 1.807) is 11.1 Å². The molecule has 0 unspecified atom stereocenters. The van der Waals surface area contributed by atoms with Gasteiger partial charge in [0.25, 0.3) is 0 Å². The van der Waals surface area contributed by atoms with E-state index in [4.69, 9.17) is 4.74 Å². The van der Waals surface area contributed by atoms with Crippen molar-refractivity contribution in [3.8, 4) is 0 Å². The van der Waals surface area contributed by atoms with Crippen molar-refractivity contribution in [2.75, 3.05) is 32.8 Å². The van der Waals surface area contributed by atoms with Crippen molar-refractivity contribution in [2.24, 2.45) is 4.99 Å². The third-order valence-electron chi connectivity index (χ3n) is 4.07. The van der Waals surface area contributed by atoms with Gasteiger partial charge in [-0.05, 0) is 38.8 Å². The molecule has 2 heterocycles. The average Bonchev–Trinajstić information content (AvgIpc) is 2.63. The summed E-state index contributed by atoms with van der Waals surface area (Å²) in [7, 11) is 0. The van der Waals surface area contributed by atoms with Gasteiger partial charge in [0.05, 0.1) is 6.61 Å². The van der Waals surface area contributed by atoms with E-state index in [0.717, 1.165) is 37.5 Å². The van der Waals surface area contributed by atoms with Crippen LogP contribution in [0, 0.1) is 0 Å². The third kappa shape index (κ3) is 6.60. The van der Waals surface area contributed by atoms with Crippen LogP contribution in [0.1, 0.15) is 32.4 Å². The molecule has 0 aromatic carbocycles. The van der Waals surface area contributed by atoms with Crippen LogP contribution in [0.15, 0.2) is 29.4 Å². The highest BCUT2D eigenvalue weighted by Crippen LogP contribution is 2.11. The molecule has 1 aliphatic heterocycles. The zero-order chi connectivity index (χ0) is 17.9. The monoisotopic (exact) mass is 347 g/mol. The molecule has 0 saturated carbocycles. The number of hydrogen-bond donors (Lipinski definition) is 2. The topological polar surface area (TPSA) is 78.9 Å². The number of aliphatic imine (C=N–C) groups is 1. The second kappa shape index (κ2) is 10.5.